The summed E-state index contributed by atoms with van der Waals surface area (Å²) in [5.41, 5.74) is 1.28. The van der Waals surface area contributed by atoms with Crippen molar-refractivity contribution >= 4 is 27.3 Å². The van der Waals surface area contributed by atoms with Gasteiger partial charge in [-0.15, -0.1) is 0 Å². The molecule has 0 aliphatic carbocycles. The maximum Gasteiger partial charge on any atom is 0.292 e. The Hall–Kier alpha value is -2.98. The molecule has 0 heterocycles. The van der Waals surface area contributed by atoms with E-state index >= 15 is 0 Å². The second-order valence-electron chi connectivity index (χ2n) is 6.01. The van der Waals surface area contributed by atoms with Gasteiger partial charge in [0.1, 0.15) is 5.69 Å². The molecule has 0 bridgehead atoms. The van der Waals surface area contributed by atoms with Crippen molar-refractivity contribution in [2.75, 3.05) is 25.0 Å². The standard InChI is InChI=1S/C18H22N4O5S/c1-14-6-8-15(9-7-14)28(26,27)21-11-10-18(23)20-13-12-19-16-4-2-3-5-17(16)22(24)25/h2-9,19,21H,10-13H2,1H3,(H,20,23). The zero-order chi connectivity index (χ0) is 20.6. The molecule has 3 N–H and O–H groups in total. The summed E-state index contributed by atoms with van der Waals surface area (Å²) < 4.78 is 26.6. The highest BCUT2D eigenvalue weighted by atomic mass is 32.2. The predicted molar refractivity (Wildman–Crippen MR) is 106 cm³/mol. The van der Waals surface area contributed by atoms with Crippen molar-refractivity contribution in [1.82, 2.24) is 10.0 Å². The van der Waals surface area contributed by atoms with E-state index in [-0.39, 0.29) is 36.0 Å². The first kappa shape index (κ1) is 21.3. The number of nitrogens with zero attached hydrogens (tertiary/aromatic N) is 1. The van der Waals surface area contributed by atoms with Gasteiger partial charge in [-0.3, -0.25) is 14.9 Å². The second kappa shape index (κ2) is 9.81. The average Bonchev–Trinajstić information content (AvgIpc) is 2.65. The molecular formula is C18H22N4O5S. The highest BCUT2D eigenvalue weighted by molar-refractivity contribution is 7.89. The van der Waals surface area contributed by atoms with Gasteiger partial charge in [-0.1, -0.05) is 29.8 Å². The normalized spacial score (nSPS) is 11.0. The highest BCUT2D eigenvalue weighted by Gasteiger charge is 2.14. The number of hydrogen-bond donors (Lipinski definition) is 3. The lowest BCUT2D eigenvalue weighted by atomic mass is 10.2. The molecule has 0 saturated carbocycles. The van der Waals surface area contributed by atoms with E-state index in [0.717, 1.165) is 5.56 Å². The van der Waals surface area contributed by atoms with E-state index in [9.17, 15) is 23.3 Å². The quantitative estimate of drug-likeness (QED) is 0.313. The first-order valence-corrected chi connectivity index (χ1v) is 10.1. The maximum atomic E-state index is 12.1. The van der Waals surface area contributed by atoms with Gasteiger partial charge >= 0.3 is 0 Å². The molecule has 150 valence electrons. The van der Waals surface area contributed by atoms with Gasteiger partial charge in [-0.2, -0.15) is 0 Å². The fourth-order valence-corrected chi connectivity index (χ4v) is 3.40. The van der Waals surface area contributed by atoms with Crippen molar-refractivity contribution in [1.29, 1.82) is 0 Å². The van der Waals surface area contributed by atoms with Crippen LogP contribution in [0.1, 0.15) is 12.0 Å². The number of aryl methyl sites for hydroxylation is 1. The molecule has 2 aromatic rings. The molecule has 0 aromatic heterocycles. The first-order chi connectivity index (χ1) is 13.3. The molecule has 0 aliphatic heterocycles. The molecule has 0 aliphatic rings. The minimum Gasteiger partial charge on any atom is -0.378 e. The number of nitro groups is 1. The third-order valence-electron chi connectivity index (χ3n) is 3.84. The Morgan fingerprint density at radius 2 is 1.71 bits per heavy atom. The Labute approximate surface area is 163 Å². The number of carbonyl (C=O) groups excluding carboxylic acids is 1. The SMILES string of the molecule is Cc1ccc(S(=O)(=O)NCCC(=O)NCCNc2ccccc2[N+](=O)[O-])cc1. The third kappa shape index (κ3) is 6.32. The predicted octanol–water partition coefficient (Wildman–Crippen LogP) is 1.80. The minimum absolute atomic E-state index is 0.0173. The summed E-state index contributed by atoms with van der Waals surface area (Å²) >= 11 is 0. The van der Waals surface area contributed by atoms with E-state index in [1.54, 1.807) is 30.3 Å². The van der Waals surface area contributed by atoms with Crippen LogP contribution in [0.25, 0.3) is 0 Å². The van der Waals surface area contributed by atoms with Gasteiger partial charge in [0.15, 0.2) is 0 Å². The maximum absolute atomic E-state index is 12.1. The number of carbonyl (C=O) groups is 1. The molecule has 0 fully saturated rings. The molecule has 2 aromatic carbocycles. The van der Waals surface area contributed by atoms with Gasteiger partial charge in [0.2, 0.25) is 15.9 Å². The Kier molecular flexibility index (Phi) is 7.47. The highest BCUT2D eigenvalue weighted by Crippen LogP contribution is 2.22. The second-order valence-corrected chi connectivity index (χ2v) is 7.78. The van der Waals surface area contributed by atoms with Gasteiger partial charge in [-0.25, -0.2) is 13.1 Å². The lowest BCUT2D eigenvalue weighted by Gasteiger charge is -2.09. The van der Waals surface area contributed by atoms with Crippen LogP contribution in [0.2, 0.25) is 0 Å². The van der Waals surface area contributed by atoms with E-state index in [0.29, 0.717) is 12.2 Å². The molecule has 28 heavy (non-hydrogen) atoms. The summed E-state index contributed by atoms with van der Waals surface area (Å²) in [6, 6.07) is 12.6. The number of nitro benzene ring substituents is 1. The molecule has 9 nitrogen and oxygen atoms in total. The van der Waals surface area contributed by atoms with Crippen molar-refractivity contribution in [3.63, 3.8) is 0 Å². The average molecular weight is 406 g/mol. The Morgan fingerprint density at radius 1 is 1.04 bits per heavy atom. The topological polar surface area (TPSA) is 130 Å². The molecule has 0 unspecified atom stereocenters. The van der Waals surface area contributed by atoms with Crippen molar-refractivity contribution in [3.8, 4) is 0 Å². The zero-order valence-electron chi connectivity index (χ0n) is 15.3. The number of para-hydroxylation sites is 2. The summed E-state index contributed by atoms with van der Waals surface area (Å²) in [6.45, 7) is 2.37. The zero-order valence-corrected chi connectivity index (χ0v) is 16.2. The molecule has 0 spiro atoms. The fourth-order valence-electron chi connectivity index (χ4n) is 2.37. The van der Waals surface area contributed by atoms with Gasteiger partial charge in [0.25, 0.3) is 5.69 Å². The van der Waals surface area contributed by atoms with Crippen LogP contribution in [0.15, 0.2) is 53.4 Å². The summed E-state index contributed by atoms with van der Waals surface area (Å²) in [4.78, 5) is 22.4. The van der Waals surface area contributed by atoms with Crippen LogP contribution in [0.3, 0.4) is 0 Å². The summed E-state index contributed by atoms with van der Waals surface area (Å²) in [6.07, 6.45) is -0.0173. The van der Waals surface area contributed by atoms with Crippen molar-refractivity contribution < 1.29 is 18.1 Å². The number of hydrogen-bond acceptors (Lipinski definition) is 6. The van der Waals surface area contributed by atoms with Crippen LogP contribution in [0.5, 0.6) is 0 Å². The Bertz CT molecular complexity index is 929. The Morgan fingerprint density at radius 3 is 2.39 bits per heavy atom. The molecular weight excluding hydrogens is 384 g/mol. The number of anilines is 1. The van der Waals surface area contributed by atoms with Crippen LogP contribution in [-0.2, 0) is 14.8 Å². The summed E-state index contributed by atoms with van der Waals surface area (Å²) in [5, 5.41) is 16.4. The van der Waals surface area contributed by atoms with E-state index < -0.39 is 14.9 Å². The number of benzene rings is 2. The van der Waals surface area contributed by atoms with E-state index in [4.69, 9.17) is 0 Å². The van der Waals surface area contributed by atoms with Crippen molar-refractivity contribution in [3.05, 3.63) is 64.2 Å². The third-order valence-corrected chi connectivity index (χ3v) is 5.32. The molecule has 0 saturated heterocycles. The van der Waals surface area contributed by atoms with Crippen LogP contribution >= 0.6 is 0 Å². The molecule has 0 atom stereocenters. The number of rotatable bonds is 10. The van der Waals surface area contributed by atoms with Crippen LogP contribution in [0.4, 0.5) is 11.4 Å². The van der Waals surface area contributed by atoms with E-state index in [1.807, 2.05) is 6.92 Å². The van der Waals surface area contributed by atoms with Gasteiger partial charge < -0.3 is 10.6 Å². The van der Waals surface area contributed by atoms with E-state index in [2.05, 4.69) is 15.4 Å². The molecule has 1 amide bonds. The minimum atomic E-state index is -3.65. The number of sulfonamides is 1. The lowest BCUT2D eigenvalue weighted by Crippen LogP contribution is -2.33. The fraction of sp³-hybridized carbons (Fsp3) is 0.278. The number of nitrogens with one attached hydrogen (secondary N) is 3. The van der Waals surface area contributed by atoms with Gasteiger partial charge in [0, 0.05) is 32.1 Å². The monoisotopic (exact) mass is 406 g/mol. The van der Waals surface area contributed by atoms with Crippen LogP contribution in [0, 0.1) is 17.0 Å². The van der Waals surface area contributed by atoms with Crippen molar-refractivity contribution in [2.24, 2.45) is 0 Å². The van der Waals surface area contributed by atoms with Gasteiger partial charge in [-0.05, 0) is 25.1 Å². The smallest absolute Gasteiger partial charge is 0.292 e. The van der Waals surface area contributed by atoms with Gasteiger partial charge in [0.05, 0.1) is 9.82 Å². The Balaban J connectivity index is 1.71. The largest absolute Gasteiger partial charge is 0.378 e. The van der Waals surface area contributed by atoms with Crippen LogP contribution in [-0.4, -0.2) is 38.9 Å². The molecule has 10 heteroatoms. The first-order valence-electron chi connectivity index (χ1n) is 8.60. The molecule has 0 radical (unpaired) electrons. The number of amides is 1. The summed E-state index contributed by atoms with van der Waals surface area (Å²) in [5.74, 6) is -0.323. The molecule has 2 rings (SSSR count). The van der Waals surface area contributed by atoms with Crippen LogP contribution < -0.4 is 15.4 Å². The van der Waals surface area contributed by atoms with E-state index in [1.165, 1.54) is 18.2 Å². The van der Waals surface area contributed by atoms with Crippen molar-refractivity contribution in [2.45, 2.75) is 18.2 Å². The summed E-state index contributed by atoms with van der Waals surface area (Å²) in [7, 11) is -3.65. The lowest BCUT2D eigenvalue weighted by molar-refractivity contribution is -0.384.